The van der Waals surface area contributed by atoms with Gasteiger partial charge in [0.25, 0.3) is 0 Å². The monoisotopic (exact) mass is 511 g/mol. The van der Waals surface area contributed by atoms with Gasteiger partial charge in [-0.2, -0.15) is 13.2 Å². The Labute approximate surface area is 207 Å². The molecule has 1 fully saturated rings. The molecule has 2 aromatic heterocycles. The van der Waals surface area contributed by atoms with Gasteiger partial charge in [0.05, 0.1) is 17.7 Å². The first-order chi connectivity index (χ1) is 16.7. The van der Waals surface area contributed by atoms with Crippen molar-refractivity contribution in [3.8, 4) is 5.88 Å². The number of hydrogen-bond acceptors (Lipinski definition) is 7. The smallest absolute Gasteiger partial charge is 0.422 e. The second kappa shape index (κ2) is 11.8. The van der Waals surface area contributed by atoms with Crippen LogP contribution in [0.15, 0.2) is 18.3 Å². The van der Waals surface area contributed by atoms with Crippen LogP contribution in [0, 0.1) is 12.8 Å². The number of carbonyl (C=O) groups excluding carboxylic acids is 1. The summed E-state index contributed by atoms with van der Waals surface area (Å²) >= 11 is 1.58. The Bertz CT molecular complexity index is 990. The maximum absolute atomic E-state index is 12.4. The van der Waals surface area contributed by atoms with E-state index in [1.807, 2.05) is 13.0 Å². The van der Waals surface area contributed by atoms with Crippen molar-refractivity contribution in [3.05, 3.63) is 39.5 Å². The first-order valence-corrected chi connectivity index (χ1v) is 13.0. The molecule has 0 bridgehead atoms. The van der Waals surface area contributed by atoms with E-state index in [4.69, 9.17) is 9.47 Å². The topological polar surface area (TPSA) is 64.6 Å². The minimum absolute atomic E-state index is 0.0281. The number of fused-ring (bicyclic) bond motifs is 1. The molecule has 0 saturated carbocycles. The summed E-state index contributed by atoms with van der Waals surface area (Å²) in [7, 11) is 0. The number of ketones is 1. The van der Waals surface area contributed by atoms with Crippen molar-refractivity contribution in [1.82, 2.24) is 14.9 Å². The second-order valence-corrected chi connectivity index (χ2v) is 10.8. The Kier molecular flexibility index (Phi) is 8.77. The zero-order valence-electron chi connectivity index (χ0n) is 20.0. The molecule has 1 saturated heterocycles. The standard InChI is InChI=1S/C25H32F3N3O3S/c1-17-29-14-22(35-17)13-20(32)12-18-2-4-21(33-15-18)7-10-31-9-6-19-3-5-24(30-23(19)8-11-31)34-16-25(26,27)28/h3,5,14,18,21H,2,4,6-13,15-16H2,1H3/t18-,21-/m1/s1. The first kappa shape index (κ1) is 26.0. The van der Waals surface area contributed by atoms with Crippen molar-refractivity contribution in [3.63, 3.8) is 0 Å². The molecule has 0 aromatic carbocycles. The van der Waals surface area contributed by atoms with Gasteiger partial charge in [0.1, 0.15) is 5.78 Å². The molecule has 192 valence electrons. The summed E-state index contributed by atoms with van der Waals surface area (Å²) < 4.78 is 48.1. The van der Waals surface area contributed by atoms with Gasteiger partial charge in [0.15, 0.2) is 6.61 Å². The highest BCUT2D eigenvalue weighted by molar-refractivity contribution is 7.11. The maximum atomic E-state index is 12.4. The molecule has 0 unspecified atom stereocenters. The molecule has 0 amide bonds. The fraction of sp³-hybridized carbons (Fsp3) is 0.640. The number of alkyl halides is 3. The van der Waals surface area contributed by atoms with Gasteiger partial charge in [0, 0.05) is 61.7 Å². The number of ether oxygens (including phenoxy) is 2. The predicted molar refractivity (Wildman–Crippen MR) is 127 cm³/mol. The van der Waals surface area contributed by atoms with E-state index >= 15 is 0 Å². The molecule has 4 heterocycles. The zero-order valence-corrected chi connectivity index (χ0v) is 20.8. The SMILES string of the molecule is Cc1ncc(CC(=O)C[C@H]2CC[C@H](CCN3CCc4ccc(OCC(F)(F)F)nc4CC3)OC2)s1. The number of hydrogen-bond donors (Lipinski definition) is 0. The lowest BCUT2D eigenvalue weighted by atomic mass is 9.92. The van der Waals surface area contributed by atoms with Gasteiger partial charge in [-0.05, 0) is 44.1 Å². The van der Waals surface area contributed by atoms with E-state index in [0.717, 1.165) is 66.5 Å². The van der Waals surface area contributed by atoms with Gasteiger partial charge >= 0.3 is 6.18 Å². The molecule has 2 atom stereocenters. The largest absolute Gasteiger partial charge is 0.468 e. The third-order valence-corrected chi connectivity index (χ3v) is 7.49. The van der Waals surface area contributed by atoms with Crippen LogP contribution < -0.4 is 4.74 Å². The molecule has 0 radical (unpaired) electrons. The second-order valence-electron chi connectivity index (χ2n) is 9.45. The van der Waals surface area contributed by atoms with Crippen molar-refractivity contribution < 1.29 is 27.4 Å². The quantitative estimate of drug-likeness (QED) is 0.491. The molecule has 2 aliphatic rings. The minimum atomic E-state index is -4.37. The Morgan fingerprint density at radius 3 is 2.80 bits per heavy atom. The third kappa shape index (κ3) is 8.25. The highest BCUT2D eigenvalue weighted by Crippen LogP contribution is 2.26. The van der Waals surface area contributed by atoms with Gasteiger partial charge in [-0.3, -0.25) is 4.79 Å². The average molecular weight is 512 g/mol. The summed E-state index contributed by atoms with van der Waals surface area (Å²) in [6, 6.07) is 3.36. The first-order valence-electron chi connectivity index (χ1n) is 12.2. The average Bonchev–Trinajstić information content (AvgIpc) is 3.10. The molecule has 0 spiro atoms. The number of nitrogens with zero attached hydrogens (tertiary/aromatic N) is 3. The number of Topliss-reactive ketones (excluding diaryl/α,β-unsaturated/α-hetero) is 1. The molecule has 35 heavy (non-hydrogen) atoms. The van der Waals surface area contributed by atoms with Crippen LogP contribution in [0.3, 0.4) is 0 Å². The molecule has 0 aliphatic carbocycles. The highest BCUT2D eigenvalue weighted by Gasteiger charge is 2.29. The molecule has 6 nitrogen and oxygen atoms in total. The van der Waals surface area contributed by atoms with E-state index in [2.05, 4.69) is 14.9 Å². The van der Waals surface area contributed by atoms with Gasteiger partial charge < -0.3 is 14.4 Å². The van der Waals surface area contributed by atoms with Gasteiger partial charge in [-0.15, -0.1) is 11.3 Å². The number of aromatic nitrogens is 2. The van der Waals surface area contributed by atoms with E-state index < -0.39 is 12.8 Å². The van der Waals surface area contributed by atoms with Crippen LogP contribution >= 0.6 is 11.3 Å². The van der Waals surface area contributed by atoms with Crippen molar-refractivity contribution in [2.75, 3.05) is 32.8 Å². The van der Waals surface area contributed by atoms with Crippen LogP contribution in [-0.4, -0.2) is 65.8 Å². The van der Waals surface area contributed by atoms with Crippen molar-refractivity contribution >= 4 is 17.1 Å². The molecular weight excluding hydrogens is 479 g/mol. The Balaban J connectivity index is 1.16. The Hall–Kier alpha value is -2.04. The number of halogens is 3. The van der Waals surface area contributed by atoms with Crippen molar-refractivity contribution in [2.45, 2.75) is 64.1 Å². The zero-order chi connectivity index (χ0) is 24.8. The van der Waals surface area contributed by atoms with Gasteiger partial charge in [0.2, 0.25) is 5.88 Å². The van der Waals surface area contributed by atoms with E-state index in [1.165, 1.54) is 6.07 Å². The van der Waals surface area contributed by atoms with Crippen LogP contribution in [0.25, 0.3) is 0 Å². The van der Waals surface area contributed by atoms with E-state index in [-0.39, 0.29) is 17.8 Å². The van der Waals surface area contributed by atoms with Crippen LogP contribution in [0.5, 0.6) is 5.88 Å². The number of rotatable bonds is 9. The van der Waals surface area contributed by atoms with Crippen LogP contribution in [-0.2, 0) is 28.8 Å². The van der Waals surface area contributed by atoms with Crippen LogP contribution in [0.1, 0.15) is 46.8 Å². The molecule has 2 aromatic rings. The Morgan fingerprint density at radius 1 is 1.26 bits per heavy atom. The normalized spacial score (nSPS) is 21.4. The summed E-state index contributed by atoms with van der Waals surface area (Å²) in [4.78, 5) is 24.3. The fourth-order valence-electron chi connectivity index (χ4n) is 4.72. The lowest BCUT2D eigenvalue weighted by molar-refractivity contribution is -0.154. The third-order valence-electron chi connectivity index (χ3n) is 6.58. The van der Waals surface area contributed by atoms with Gasteiger partial charge in [-0.25, -0.2) is 9.97 Å². The number of thiazole rings is 1. The molecule has 2 aliphatic heterocycles. The highest BCUT2D eigenvalue weighted by atomic mass is 32.1. The molecule has 4 rings (SSSR count). The van der Waals surface area contributed by atoms with Crippen LogP contribution in [0.4, 0.5) is 13.2 Å². The lowest BCUT2D eigenvalue weighted by Crippen LogP contribution is -2.33. The van der Waals surface area contributed by atoms with E-state index in [0.29, 0.717) is 31.8 Å². The molecule has 0 N–H and O–H groups in total. The maximum Gasteiger partial charge on any atom is 0.422 e. The summed E-state index contributed by atoms with van der Waals surface area (Å²) in [5.41, 5.74) is 1.89. The van der Waals surface area contributed by atoms with Crippen molar-refractivity contribution in [1.29, 1.82) is 0 Å². The Morgan fingerprint density at radius 2 is 2.09 bits per heavy atom. The summed E-state index contributed by atoms with van der Waals surface area (Å²) in [5, 5.41) is 0.987. The summed E-state index contributed by atoms with van der Waals surface area (Å²) in [6.45, 7) is 3.86. The van der Waals surface area contributed by atoms with E-state index in [9.17, 15) is 18.0 Å². The number of aryl methyl sites for hydroxylation is 1. The summed E-state index contributed by atoms with van der Waals surface area (Å²) in [6.07, 6.45) is 3.07. The van der Waals surface area contributed by atoms with Crippen molar-refractivity contribution in [2.24, 2.45) is 5.92 Å². The number of pyridine rings is 1. The molecule has 10 heteroatoms. The minimum Gasteiger partial charge on any atom is -0.468 e. The molecular formula is C25H32F3N3O3S. The van der Waals surface area contributed by atoms with Crippen LogP contribution in [0.2, 0.25) is 0 Å². The van der Waals surface area contributed by atoms with E-state index in [1.54, 1.807) is 17.5 Å². The number of carbonyl (C=O) groups is 1. The predicted octanol–water partition coefficient (Wildman–Crippen LogP) is 4.58. The lowest BCUT2D eigenvalue weighted by Gasteiger charge is -2.30. The fourth-order valence-corrected chi connectivity index (χ4v) is 5.54. The summed E-state index contributed by atoms with van der Waals surface area (Å²) in [5.74, 6) is 0.575. The van der Waals surface area contributed by atoms with Gasteiger partial charge in [-0.1, -0.05) is 6.07 Å².